The second kappa shape index (κ2) is 4.99. The number of nitrogens with zero attached hydrogens (tertiary/aromatic N) is 1. The van der Waals surface area contributed by atoms with Gasteiger partial charge in [-0.1, -0.05) is 30.3 Å². The zero-order chi connectivity index (χ0) is 13.2. The van der Waals surface area contributed by atoms with Crippen molar-refractivity contribution in [3.8, 4) is 5.75 Å². The lowest BCUT2D eigenvalue weighted by Gasteiger charge is -2.07. The Morgan fingerprint density at radius 2 is 1.95 bits per heavy atom. The van der Waals surface area contributed by atoms with Crippen LogP contribution in [0.1, 0.15) is 16.6 Å². The molecule has 2 aromatic carbocycles. The normalized spacial score (nSPS) is 12.5. The summed E-state index contributed by atoms with van der Waals surface area (Å²) in [7, 11) is 1.67. The molecule has 3 rings (SSSR count). The highest BCUT2D eigenvalue weighted by molar-refractivity contribution is 7.18. The predicted octanol–water partition coefficient (Wildman–Crippen LogP) is 3.35. The molecule has 0 aliphatic heterocycles. The molecule has 0 amide bonds. The van der Waals surface area contributed by atoms with E-state index in [0.29, 0.717) is 0 Å². The van der Waals surface area contributed by atoms with Crippen molar-refractivity contribution in [2.45, 2.75) is 6.04 Å². The minimum atomic E-state index is -0.176. The maximum Gasteiger partial charge on any atom is 0.120 e. The molecular formula is C15H14N2OS. The second-order valence-corrected chi connectivity index (χ2v) is 5.34. The van der Waals surface area contributed by atoms with Crippen LogP contribution in [0.3, 0.4) is 0 Å². The third kappa shape index (κ3) is 2.32. The molecule has 2 N–H and O–H groups in total. The standard InChI is InChI=1S/C15H14N2OS/c1-18-11-7-8-12-13(9-11)19-15(17-12)14(16)10-5-3-2-4-6-10/h2-9,14H,16H2,1H3. The molecule has 1 heterocycles. The van der Waals surface area contributed by atoms with Gasteiger partial charge in [-0.2, -0.15) is 0 Å². The van der Waals surface area contributed by atoms with Crippen LogP contribution in [-0.2, 0) is 0 Å². The fraction of sp³-hybridized carbons (Fsp3) is 0.133. The number of fused-ring (bicyclic) bond motifs is 1. The van der Waals surface area contributed by atoms with E-state index in [4.69, 9.17) is 10.5 Å². The summed E-state index contributed by atoms with van der Waals surface area (Å²) in [6.07, 6.45) is 0. The molecule has 1 unspecified atom stereocenters. The highest BCUT2D eigenvalue weighted by Crippen LogP contribution is 2.30. The number of aromatic nitrogens is 1. The van der Waals surface area contributed by atoms with E-state index in [0.717, 1.165) is 26.5 Å². The molecule has 3 aromatic rings. The number of methoxy groups -OCH3 is 1. The molecule has 0 saturated heterocycles. The van der Waals surface area contributed by atoms with E-state index in [-0.39, 0.29) is 6.04 Å². The van der Waals surface area contributed by atoms with Gasteiger partial charge in [0, 0.05) is 0 Å². The molecule has 19 heavy (non-hydrogen) atoms. The van der Waals surface area contributed by atoms with Gasteiger partial charge in [0.2, 0.25) is 0 Å². The third-order valence-electron chi connectivity index (χ3n) is 3.04. The van der Waals surface area contributed by atoms with Gasteiger partial charge in [0.1, 0.15) is 10.8 Å². The van der Waals surface area contributed by atoms with E-state index in [2.05, 4.69) is 4.98 Å². The lowest BCUT2D eigenvalue weighted by Crippen LogP contribution is -2.10. The Kier molecular flexibility index (Phi) is 3.19. The summed E-state index contributed by atoms with van der Waals surface area (Å²) in [5.74, 6) is 0.844. The van der Waals surface area contributed by atoms with E-state index in [1.54, 1.807) is 18.4 Å². The molecule has 0 bridgehead atoms. The number of rotatable bonds is 3. The van der Waals surface area contributed by atoms with Gasteiger partial charge in [-0.3, -0.25) is 0 Å². The molecular weight excluding hydrogens is 256 g/mol. The summed E-state index contributed by atoms with van der Waals surface area (Å²) in [6, 6.07) is 15.7. The van der Waals surface area contributed by atoms with Gasteiger partial charge in [0.15, 0.2) is 0 Å². The quantitative estimate of drug-likeness (QED) is 0.794. The van der Waals surface area contributed by atoms with Crippen molar-refractivity contribution < 1.29 is 4.74 Å². The topological polar surface area (TPSA) is 48.1 Å². The van der Waals surface area contributed by atoms with Crippen molar-refractivity contribution in [3.05, 3.63) is 59.1 Å². The lowest BCUT2D eigenvalue weighted by molar-refractivity contribution is 0.415. The van der Waals surface area contributed by atoms with Crippen molar-refractivity contribution in [1.29, 1.82) is 0 Å². The molecule has 3 nitrogen and oxygen atoms in total. The Bertz CT molecular complexity index is 694. The van der Waals surface area contributed by atoms with E-state index >= 15 is 0 Å². The smallest absolute Gasteiger partial charge is 0.120 e. The molecule has 0 spiro atoms. The third-order valence-corrected chi connectivity index (χ3v) is 4.14. The van der Waals surface area contributed by atoms with E-state index in [1.807, 2.05) is 48.5 Å². The van der Waals surface area contributed by atoms with E-state index in [9.17, 15) is 0 Å². The maximum atomic E-state index is 6.27. The van der Waals surface area contributed by atoms with Gasteiger partial charge in [-0.25, -0.2) is 4.98 Å². The first-order valence-corrected chi connectivity index (χ1v) is 6.84. The monoisotopic (exact) mass is 270 g/mol. The Morgan fingerprint density at radius 3 is 2.68 bits per heavy atom. The van der Waals surface area contributed by atoms with Crippen LogP contribution in [0.4, 0.5) is 0 Å². The van der Waals surface area contributed by atoms with Gasteiger partial charge in [0.05, 0.1) is 23.4 Å². The van der Waals surface area contributed by atoms with Gasteiger partial charge in [-0.05, 0) is 23.8 Å². The number of thiazole rings is 1. The Hall–Kier alpha value is -1.91. The zero-order valence-corrected chi connectivity index (χ0v) is 11.4. The summed E-state index contributed by atoms with van der Waals surface area (Å²) in [5.41, 5.74) is 8.31. The lowest BCUT2D eigenvalue weighted by atomic mass is 10.1. The average Bonchev–Trinajstić information content (AvgIpc) is 2.90. The minimum absolute atomic E-state index is 0.176. The molecule has 0 radical (unpaired) electrons. The number of ether oxygens (including phenoxy) is 1. The fourth-order valence-corrected chi connectivity index (χ4v) is 3.01. The van der Waals surface area contributed by atoms with Gasteiger partial charge >= 0.3 is 0 Å². The van der Waals surface area contributed by atoms with Crippen molar-refractivity contribution >= 4 is 21.6 Å². The summed E-state index contributed by atoms with van der Waals surface area (Å²) >= 11 is 1.61. The first-order valence-electron chi connectivity index (χ1n) is 6.03. The Labute approximate surface area is 115 Å². The van der Waals surface area contributed by atoms with Crippen molar-refractivity contribution in [2.75, 3.05) is 7.11 Å². The van der Waals surface area contributed by atoms with Crippen LogP contribution in [-0.4, -0.2) is 12.1 Å². The Balaban J connectivity index is 2.01. The molecule has 0 fully saturated rings. The SMILES string of the molecule is COc1ccc2nc(C(N)c3ccccc3)sc2c1. The molecule has 4 heteroatoms. The maximum absolute atomic E-state index is 6.27. The van der Waals surface area contributed by atoms with Crippen molar-refractivity contribution in [3.63, 3.8) is 0 Å². The van der Waals surface area contributed by atoms with Crippen LogP contribution < -0.4 is 10.5 Å². The average molecular weight is 270 g/mol. The second-order valence-electron chi connectivity index (χ2n) is 4.27. The highest BCUT2D eigenvalue weighted by Gasteiger charge is 2.14. The fourth-order valence-electron chi connectivity index (χ4n) is 1.99. The molecule has 1 atom stereocenters. The van der Waals surface area contributed by atoms with Crippen LogP contribution in [0.25, 0.3) is 10.2 Å². The Morgan fingerprint density at radius 1 is 1.16 bits per heavy atom. The van der Waals surface area contributed by atoms with Crippen LogP contribution in [0.2, 0.25) is 0 Å². The zero-order valence-electron chi connectivity index (χ0n) is 10.5. The highest BCUT2D eigenvalue weighted by atomic mass is 32.1. The van der Waals surface area contributed by atoms with Crippen LogP contribution in [0.5, 0.6) is 5.75 Å². The number of hydrogen-bond acceptors (Lipinski definition) is 4. The van der Waals surface area contributed by atoms with Gasteiger partial charge in [0.25, 0.3) is 0 Å². The van der Waals surface area contributed by atoms with Gasteiger partial charge < -0.3 is 10.5 Å². The molecule has 0 aliphatic carbocycles. The molecule has 0 aliphatic rings. The summed E-state index contributed by atoms with van der Waals surface area (Å²) in [4.78, 5) is 4.60. The first kappa shape index (κ1) is 12.1. The van der Waals surface area contributed by atoms with Crippen LogP contribution in [0, 0.1) is 0 Å². The van der Waals surface area contributed by atoms with E-state index in [1.165, 1.54) is 0 Å². The van der Waals surface area contributed by atoms with Gasteiger partial charge in [-0.15, -0.1) is 11.3 Å². The summed E-state index contributed by atoms with van der Waals surface area (Å²) in [6.45, 7) is 0. The first-order chi connectivity index (χ1) is 9.28. The number of hydrogen-bond donors (Lipinski definition) is 1. The molecule has 96 valence electrons. The largest absolute Gasteiger partial charge is 0.497 e. The molecule has 1 aromatic heterocycles. The van der Waals surface area contributed by atoms with Crippen LogP contribution >= 0.6 is 11.3 Å². The minimum Gasteiger partial charge on any atom is -0.497 e. The van der Waals surface area contributed by atoms with Crippen molar-refractivity contribution in [2.24, 2.45) is 5.73 Å². The summed E-state index contributed by atoms with van der Waals surface area (Å²) in [5, 5.41) is 0.925. The number of benzene rings is 2. The van der Waals surface area contributed by atoms with E-state index < -0.39 is 0 Å². The summed E-state index contributed by atoms with van der Waals surface area (Å²) < 4.78 is 6.32. The van der Waals surface area contributed by atoms with Crippen LogP contribution in [0.15, 0.2) is 48.5 Å². The molecule has 0 saturated carbocycles. The van der Waals surface area contributed by atoms with Crippen molar-refractivity contribution in [1.82, 2.24) is 4.98 Å². The predicted molar refractivity (Wildman–Crippen MR) is 78.6 cm³/mol. The number of nitrogens with two attached hydrogens (primary N) is 1.